The molecule has 1 aliphatic heterocycles. The Morgan fingerprint density at radius 3 is 2.57 bits per heavy atom. The van der Waals surface area contributed by atoms with Gasteiger partial charge in [-0.15, -0.1) is 0 Å². The summed E-state index contributed by atoms with van der Waals surface area (Å²) in [6.45, 7) is 3.88. The maximum absolute atomic E-state index is 10.8. The minimum absolute atomic E-state index is 0.0353. The van der Waals surface area contributed by atoms with Crippen LogP contribution < -0.4 is 15.0 Å². The fraction of sp³-hybridized carbons (Fsp3) is 0.440. The van der Waals surface area contributed by atoms with Crippen LogP contribution in [0.5, 0.6) is 5.75 Å². The number of rotatable bonds is 7. The highest BCUT2D eigenvalue weighted by Gasteiger charge is 2.23. The molecule has 3 aromatic rings. The molecule has 184 valence electrons. The monoisotopic (exact) mass is 478 g/mol. The summed E-state index contributed by atoms with van der Waals surface area (Å²) in [5.74, 6) is 1.00. The molecule has 3 heterocycles. The Hall–Kier alpha value is -3.66. The van der Waals surface area contributed by atoms with Crippen LogP contribution in [0.3, 0.4) is 0 Å². The van der Waals surface area contributed by atoms with Crippen LogP contribution in [-0.4, -0.2) is 69.9 Å². The highest BCUT2D eigenvalue weighted by atomic mass is 16.5. The molecule has 2 aromatic heterocycles. The highest BCUT2D eigenvalue weighted by Crippen LogP contribution is 2.30. The van der Waals surface area contributed by atoms with Crippen molar-refractivity contribution in [1.82, 2.24) is 25.1 Å². The quantitative estimate of drug-likeness (QED) is 0.531. The van der Waals surface area contributed by atoms with Crippen molar-refractivity contribution in [3.05, 3.63) is 49.2 Å². The van der Waals surface area contributed by atoms with Crippen molar-refractivity contribution in [2.75, 3.05) is 37.8 Å². The SMILES string of the molecule is O=C(O)N[C@H]1CC[C@@H](COc2cncnc2-c2cnn(-c3ccc(N4CCOCC4)cc3)c2)CC1. The molecule has 1 saturated carbocycles. The molecule has 1 amide bonds. The minimum Gasteiger partial charge on any atom is -0.489 e. The van der Waals surface area contributed by atoms with E-state index >= 15 is 0 Å². The van der Waals surface area contributed by atoms with Crippen LogP contribution in [0.2, 0.25) is 0 Å². The number of hydrogen-bond acceptors (Lipinski definition) is 7. The molecule has 2 aliphatic rings. The Kier molecular flexibility index (Phi) is 7.08. The molecule has 35 heavy (non-hydrogen) atoms. The van der Waals surface area contributed by atoms with Crippen LogP contribution >= 0.6 is 0 Å². The van der Waals surface area contributed by atoms with Crippen molar-refractivity contribution in [1.29, 1.82) is 0 Å². The van der Waals surface area contributed by atoms with Gasteiger partial charge in [-0.25, -0.2) is 19.4 Å². The van der Waals surface area contributed by atoms with E-state index in [0.717, 1.165) is 63.2 Å². The van der Waals surface area contributed by atoms with E-state index in [1.165, 1.54) is 12.0 Å². The predicted octanol–water partition coefficient (Wildman–Crippen LogP) is 3.37. The first-order valence-electron chi connectivity index (χ1n) is 12.1. The lowest BCUT2D eigenvalue weighted by molar-refractivity contribution is 0.122. The summed E-state index contributed by atoms with van der Waals surface area (Å²) in [5.41, 5.74) is 3.71. The van der Waals surface area contributed by atoms with E-state index in [1.807, 2.05) is 10.9 Å². The Balaban J connectivity index is 1.22. The van der Waals surface area contributed by atoms with Crippen LogP contribution in [-0.2, 0) is 4.74 Å². The third kappa shape index (κ3) is 5.71. The first kappa shape index (κ1) is 23.1. The highest BCUT2D eigenvalue weighted by molar-refractivity contribution is 5.65. The zero-order valence-electron chi connectivity index (χ0n) is 19.5. The molecule has 2 N–H and O–H groups in total. The summed E-state index contributed by atoms with van der Waals surface area (Å²) in [5, 5.41) is 16.0. The van der Waals surface area contributed by atoms with Crippen molar-refractivity contribution in [3.63, 3.8) is 0 Å². The van der Waals surface area contributed by atoms with E-state index in [1.54, 1.807) is 12.4 Å². The van der Waals surface area contributed by atoms with Crippen LogP contribution in [0.15, 0.2) is 49.2 Å². The third-order valence-electron chi connectivity index (χ3n) is 6.67. The number of anilines is 1. The van der Waals surface area contributed by atoms with Gasteiger partial charge in [-0.1, -0.05) is 0 Å². The van der Waals surface area contributed by atoms with E-state index < -0.39 is 6.09 Å². The summed E-state index contributed by atoms with van der Waals surface area (Å²) in [6.07, 6.45) is 9.48. The molecule has 0 radical (unpaired) electrons. The van der Waals surface area contributed by atoms with Crippen molar-refractivity contribution in [2.24, 2.45) is 5.92 Å². The third-order valence-corrected chi connectivity index (χ3v) is 6.67. The second-order valence-electron chi connectivity index (χ2n) is 9.00. The zero-order valence-corrected chi connectivity index (χ0v) is 19.5. The number of amides is 1. The molecule has 1 saturated heterocycles. The molecule has 10 heteroatoms. The molecular formula is C25H30N6O4. The van der Waals surface area contributed by atoms with E-state index in [-0.39, 0.29) is 6.04 Å². The number of carboxylic acid groups (broad SMARTS) is 1. The first-order chi connectivity index (χ1) is 17.2. The average molecular weight is 479 g/mol. The molecule has 2 fully saturated rings. The van der Waals surface area contributed by atoms with Crippen LogP contribution in [0.1, 0.15) is 25.7 Å². The molecule has 1 aliphatic carbocycles. The topological polar surface area (TPSA) is 115 Å². The Labute approximate surface area is 203 Å². The number of morpholine rings is 1. The van der Waals surface area contributed by atoms with Gasteiger partial charge in [0.25, 0.3) is 0 Å². The molecule has 0 spiro atoms. The second-order valence-corrected chi connectivity index (χ2v) is 9.00. The van der Waals surface area contributed by atoms with Crippen LogP contribution in [0, 0.1) is 5.92 Å². The van der Waals surface area contributed by atoms with E-state index in [0.29, 0.717) is 24.0 Å². The lowest BCUT2D eigenvalue weighted by atomic mass is 9.86. The molecule has 0 bridgehead atoms. The average Bonchev–Trinajstić information content (AvgIpc) is 3.39. The number of aromatic nitrogens is 4. The normalized spacial score (nSPS) is 20.4. The predicted molar refractivity (Wildman–Crippen MR) is 130 cm³/mol. The molecule has 0 unspecified atom stereocenters. The summed E-state index contributed by atoms with van der Waals surface area (Å²) in [4.78, 5) is 21.8. The van der Waals surface area contributed by atoms with Gasteiger partial charge >= 0.3 is 6.09 Å². The Morgan fingerprint density at radius 1 is 1.09 bits per heavy atom. The zero-order chi connectivity index (χ0) is 24.0. The van der Waals surface area contributed by atoms with Crippen LogP contribution in [0.25, 0.3) is 16.9 Å². The second kappa shape index (κ2) is 10.7. The van der Waals surface area contributed by atoms with E-state index in [9.17, 15) is 4.79 Å². The number of nitrogens with one attached hydrogen (secondary N) is 1. The largest absolute Gasteiger partial charge is 0.489 e. The first-order valence-corrected chi connectivity index (χ1v) is 12.1. The Morgan fingerprint density at radius 2 is 1.83 bits per heavy atom. The van der Waals surface area contributed by atoms with Gasteiger partial charge in [-0.05, 0) is 55.9 Å². The van der Waals surface area contributed by atoms with Gasteiger partial charge < -0.3 is 24.8 Å². The summed E-state index contributed by atoms with van der Waals surface area (Å²) in [7, 11) is 0. The van der Waals surface area contributed by atoms with Gasteiger partial charge in [0.05, 0.1) is 37.9 Å². The maximum atomic E-state index is 10.8. The summed E-state index contributed by atoms with van der Waals surface area (Å²) in [6, 6.07) is 8.39. The van der Waals surface area contributed by atoms with Gasteiger partial charge in [0.1, 0.15) is 12.0 Å². The number of benzene rings is 1. The molecule has 10 nitrogen and oxygen atoms in total. The molecular weight excluding hydrogens is 448 g/mol. The minimum atomic E-state index is -0.954. The summed E-state index contributed by atoms with van der Waals surface area (Å²) < 4.78 is 13.4. The number of nitrogens with zero attached hydrogens (tertiary/aromatic N) is 5. The van der Waals surface area contributed by atoms with Gasteiger partial charge in [0.2, 0.25) is 0 Å². The molecule has 1 aromatic carbocycles. The van der Waals surface area contributed by atoms with Crippen molar-refractivity contribution >= 4 is 11.8 Å². The molecule has 5 rings (SSSR count). The van der Waals surface area contributed by atoms with E-state index in [4.69, 9.17) is 14.6 Å². The number of carbonyl (C=O) groups is 1. The van der Waals surface area contributed by atoms with Gasteiger partial charge in [0, 0.05) is 36.6 Å². The smallest absolute Gasteiger partial charge is 0.404 e. The lowest BCUT2D eigenvalue weighted by Gasteiger charge is -2.28. The standard InChI is InChI=1S/C25H30N6O4/c32-25(33)29-20-3-1-18(2-4-20)16-35-23-14-26-17-27-24(23)19-13-28-31(15-19)22-7-5-21(6-8-22)30-9-11-34-12-10-30/h5-8,13-15,17-18,20,29H,1-4,9-12,16H2,(H,32,33)/t18-,20+. The number of ether oxygens (including phenoxy) is 2. The lowest BCUT2D eigenvalue weighted by Crippen LogP contribution is -2.37. The van der Waals surface area contributed by atoms with Gasteiger partial charge in [-0.3, -0.25) is 0 Å². The Bertz CT molecular complexity index is 1120. The van der Waals surface area contributed by atoms with Crippen molar-refractivity contribution < 1.29 is 19.4 Å². The van der Waals surface area contributed by atoms with Crippen LogP contribution in [0.4, 0.5) is 10.5 Å². The number of hydrogen-bond donors (Lipinski definition) is 2. The van der Waals surface area contributed by atoms with Gasteiger partial charge in [-0.2, -0.15) is 5.10 Å². The fourth-order valence-electron chi connectivity index (χ4n) is 4.72. The van der Waals surface area contributed by atoms with E-state index in [2.05, 4.69) is 49.5 Å². The maximum Gasteiger partial charge on any atom is 0.404 e. The molecule has 0 atom stereocenters. The fourth-order valence-corrected chi connectivity index (χ4v) is 4.72. The van der Waals surface area contributed by atoms with Crippen molar-refractivity contribution in [2.45, 2.75) is 31.7 Å². The summed E-state index contributed by atoms with van der Waals surface area (Å²) >= 11 is 0. The van der Waals surface area contributed by atoms with Crippen molar-refractivity contribution in [3.8, 4) is 22.7 Å². The van der Waals surface area contributed by atoms with Gasteiger partial charge in [0.15, 0.2) is 5.75 Å².